The normalized spacial score (nSPS) is 11.2. The van der Waals surface area contributed by atoms with Gasteiger partial charge in [-0.15, -0.1) is 0 Å². The van der Waals surface area contributed by atoms with Crippen molar-refractivity contribution in [2.75, 3.05) is 19.8 Å². The van der Waals surface area contributed by atoms with Crippen molar-refractivity contribution >= 4 is 31.2 Å². The summed E-state index contributed by atoms with van der Waals surface area (Å²) in [6, 6.07) is 0. The minimum atomic E-state index is -4.42. The topological polar surface area (TPSA) is 199 Å². The molecule has 0 aromatic carbocycles. The number of hydrogen-bond donors (Lipinski definition) is 0. The molecule has 0 heterocycles. The van der Waals surface area contributed by atoms with Crippen LogP contribution in [-0.2, 0) is 43.7 Å². The zero-order valence-corrected chi connectivity index (χ0v) is 16.0. The third-order valence-corrected chi connectivity index (χ3v) is 2.36. The van der Waals surface area contributed by atoms with Gasteiger partial charge in [-0.3, -0.25) is 12.5 Å². The molecular formula is C6H15DyO12S3. The van der Waals surface area contributed by atoms with Crippen molar-refractivity contribution in [1.82, 2.24) is 0 Å². The van der Waals surface area contributed by atoms with Gasteiger partial charge < -0.3 is 13.7 Å². The number of hydrogen-bond acceptors (Lipinski definition) is 12. The number of rotatable bonds is 6. The average Bonchev–Trinajstić information content (AvgIpc) is 2.12. The van der Waals surface area contributed by atoms with Gasteiger partial charge in [-0.1, -0.05) is 0 Å². The van der Waals surface area contributed by atoms with Crippen molar-refractivity contribution in [3.05, 3.63) is 0 Å². The fourth-order valence-electron chi connectivity index (χ4n) is 0.433. The third-order valence-electron chi connectivity index (χ3n) is 0.787. The monoisotopic (exact) mass is 539 g/mol. The van der Waals surface area contributed by atoms with Gasteiger partial charge in [0.25, 0.3) is 0 Å². The molecule has 0 N–H and O–H groups in total. The molecule has 0 aromatic heterocycles. The van der Waals surface area contributed by atoms with Crippen molar-refractivity contribution in [2.45, 2.75) is 20.8 Å². The Morgan fingerprint density at radius 3 is 0.727 bits per heavy atom. The Bertz CT molecular complexity index is 455. The van der Waals surface area contributed by atoms with E-state index in [0.717, 1.165) is 0 Å². The second-order valence-electron chi connectivity index (χ2n) is 2.44. The standard InChI is InChI=1S/3C2H6O4S.Dy/c3*1-2-6-7(3,4)5;/h3*2H2,1H3,(H,3,4,5);/q;;;+3/p-3. The van der Waals surface area contributed by atoms with Gasteiger partial charge >= 0.3 is 38.2 Å². The maximum Gasteiger partial charge on any atom is 3.00 e. The van der Waals surface area contributed by atoms with E-state index >= 15 is 0 Å². The van der Waals surface area contributed by atoms with Crippen LogP contribution in [0.5, 0.6) is 0 Å². The van der Waals surface area contributed by atoms with Crippen molar-refractivity contribution in [2.24, 2.45) is 0 Å². The summed E-state index contributed by atoms with van der Waals surface area (Å²) in [5.41, 5.74) is 0. The molecule has 12 nitrogen and oxygen atoms in total. The van der Waals surface area contributed by atoms with Crippen LogP contribution >= 0.6 is 0 Å². The Morgan fingerprint density at radius 2 is 0.727 bits per heavy atom. The largest absolute Gasteiger partial charge is 3.00 e. The van der Waals surface area contributed by atoms with E-state index in [1.54, 1.807) is 0 Å². The minimum Gasteiger partial charge on any atom is -0.726 e. The van der Waals surface area contributed by atoms with Gasteiger partial charge in [-0.05, 0) is 20.8 Å². The van der Waals surface area contributed by atoms with Crippen LogP contribution in [0.2, 0.25) is 0 Å². The smallest absolute Gasteiger partial charge is 0.726 e. The van der Waals surface area contributed by atoms with E-state index in [9.17, 15) is 38.9 Å². The van der Waals surface area contributed by atoms with Gasteiger partial charge in [0, 0.05) is 0 Å². The average molecular weight is 538 g/mol. The van der Waals surface area contributed by atoms with E-state index in [1.165, 1.54) is 20.8 Å². The molecule has 0 saturated heterocycles. The van der Waals surface area contributed by atoms with Crippen molar-refractivity contribution in [3.8, 4) is 0 Å². The Balaban J connectivity index is -0.000000108. The van der Waals surface area contributed by atoms with E-state index < -0.39 is 31.2 Å². The zero-order chi connectivity index (χ0) is 17.7. The molecule has 0 spiro atoms. The Hall–Kier alpha value is 0.883. The SMILES string of the molecule is CCOS(=O)(=O)[O-].CCOS(=O)(=O)[O-].CCOS(=O)(=O)[O-].[Dy+3]. The summed E-state index contributed by atoms with van der Waals surface area (Å²) in [5, 5.41) is 0. The molecule has 0 aliphatic rings. The van der Waals surface area contributed by atoms with Crippen LogP contribution < -0.4 is 0 Å². The second-order valence-corrected chi connectivity index (χ2v) is 5.60. The zero-order valence-electron chi connectivity index (χ0n) is 11.6. The molecule has 0 fully saturated rings. The molecule has 0 unspecified atom stereocenters. The van der Waals surface area contributed by atoms with Crippen LogP contribution in [0.25, 0.3) is 0 Å². The molecule has 0 atom stereocenters. The summed E-state index contributed by atoms with van der Waals surface area (Å²) < 4.78 is 96.0. The summed E-state index contributed by atoms with van der Waals surface area (Å²) >= 11 is 0. The first kappa shape index (κ1) is 30.7. The summed E-state index contributed by atoms with van der Waals surface area (Å²) in [6.45, 7) is 4.00. The Morgan fingerprint density at radius 1 is 0.591 bits per heavy atom. The molecule has 0 aromatic rings. The minimum absolute atomic E-state index is 0. The molecule has 0 saturated carbocycles. The molecule has 139 valence electrons. The van der Waals surface area contributed by atoms with E-state index in [2.05, 4.69) is 12.5 Å². The van der Waals surface area contributed by atoms with Crippen molar-refractivity contribution in [1.29, 1.82) is 0 Å². The van der Waals surface area contributed by atoms with Gasteiger partial charge in [0.1, 0.15) is 0 Å². The van der Waals surface area contributed by atoms with Crippen molar-refractivity contribution < 1.29 is 89.6 Å². The van der Waals surface area contributed by atoms with Crippen LogP contribution in [0.4, 0.5) is 0 Å². The predicted molar refractivity (Wildman–Crippen MR) is 64.0 cm³/mol. The van der Waals surface area contributed by atoms with E-state index in [4.69, 9.17) is 0 Å². The molecule has 0 amide bonds. The maximum absolute atomic E-state index is 9.45. The van der Waals surface area contributed by atoms with Crippen LogP contribution in [0.1, 0.15) is 20.8 Å². The molecule has 0 aliphatic heterocycles. The van der Waals surface area contributed by atoms with Gasteiger partial charge in [-0.25, -0.2) is 25.3 Å². The van der Waals surface area contributed by atoms with Crippen LogP contribution in [0.15, 0.2) is 0 Å². The fourth-order valence-corrected chi connectivity index (χ4v) is 1.30. The molecule has 22 heavy (non-hydrogen) atoms. The quantitative estimate of drug-likeness (QED) is 0.279. The second kappa shape index (κ2) is 15.4. The first-order valence-electron chi connectivity index (χ1n) is 4.99. The molecule has 0 rings (SSSR count). The van der Waals surface area contributed by atoms with Crippen LogP contribution in [0.3, 0.4) is 0 Å². The summed E-state index contributed by atoms with van der Waals surface area (Å²) in [7, 11) is -13.3. The molecule has 16 heteroatoms. The fraction of sp³-hybridized carbons (Fsp3) is 1.00. The molecule has 1 radical (unpaired) electrons. The Labute approximate surface area is 160 Å². The van der Waals surface area contributed by atoms with Gasteiger partial charge in [-0.2, -0.15) is 0 Å². The third kappa shape index (κ3) is 49.7. The first-order valence-corrected chi connectivity index (χ1v) is 8.99. The van der Waals surface area contributed by atoms with E-state index in [0.29, 0.717) is 0 Å². The summed E-state index contributed by atoms with van der Waals surface area (Å²) in [4.78, 5) is 0. The Kier molecular flexibility index (Phi) is 21.5. The molecule has 0 aliphatic carbocycles. The van der Waals surface area contributed by atoms with Crippen LogP contribution in [0, 0.1) is 38.2 Å². The van der Waals surface area contributed by atoms with Crippen LogP contribution in [-0.4, -0.2) is 58.7 Å². The molecular weight excluding hydrogens is 523 g/mol. The summed E-state index contributed by atoms with van der Waals surface area (Å²) in [5.74, 6) is 0. The maximum atomic E-state index is 9.45. The van der Waals surface area contributed by atoms with E-state index in [-0.39, 0.29) is 58.0 Å². The molecule has 0 bridgehead atoms. The van der Waals surface area contributed by atoms with Gasteiger partial charge in [0.15, 0.2) is 0 Å². The van der Waals surface area contributed by atoms with Crippen molar-refractivity contribution in [3.63, 3.8) is 0 Å². The predicted octanol–water partition coefficient (Wildman–Crippen LogP) is -1.55. The summed E-state index contributed by atoms with van der Waals surface area (Å²) in [6.07, 6.45) is 0. The van der Waals surface area contributed by atoms with Gasteiger partial charge in [0.2, 0.25) is 31.2 Å². The van der Waals surface area contributed by atoms with Gasteiger partial charge in [0.05, 0.1) is 19.8 Å². The first-order chi connectivity index (χ1) is 9.18. The van der Waals surface area contributed by atoms with E-state index in [1.807, 2.05) is 0 Å².